The molecule has 0 spiro atoms. The van der Waals surface area contributed by atoms with E-state index in [1.54, 1.807) is 6.07 Å². The monoisotopic (exact) mass is 265 g/mol. The second-order valence-corrected chi connectivity index (χ2v) is 4.40. The van der Waals surface area contributed by atoms with Crippen LogP contribution in [-0.4, -0.2) is 6.03 Å². The van der Waals surface area contributed by atoms with Crippen LogP contribution in [0.4, 0.5) is 10.5 Å². The Balaban J connectivity index is 1.99. The molecule has 2 rings (SSSR count). The van der Waals surface area contributed by atoms with Gasteiger partial charge in [0, 0.05) is 6.54 Å². The first-order chi connectivity index (χ1) is 9.70. The predicted molar refractivity (Wildman–Crippen MR) is 78.2 cm³/mol. The van der Waals surface area contributed by atoms with Crippen molar-refractivity contribution in [3.8, 4) is 6.07 Å². The van der Waals surface area contributed by atoms with E-state index in [2.05, 4.69) is 16.7 Å². The topological polar surface area (TPSA) is 64.9 Å². The third kappa shape index (κ3) is 3.36. The number of benzene rings is 2. The van der Waals surface area contributed by atoms with Crippen molar-refractivity contribution in [1.82, 2.24) is 5.32 Å². The molecule has 2 N–H and O–H groups in total. The van der Waals surface area contributed by atoms with E-state index >= 15 is 0 Å². The van der Waals surface area contributed by atoms with E-state index < -0.39 is 0 Å². The van der Waals surface area contributed by atoms with Crippen LogP contribution in [-0.2, 0) is 6.54 Å². The fourth-order valence-corrected chi connectivity index (χ4v) is 1.87. The number of nitriles is 1. The number of hydrogen-bond donors (Lipinski definition) is 2. The number of carbonyl (C=O) groups is 1. The molecule has 0 saturated heterocycles. The Morgan fingerprint density at radius 3 is 2.60 bits per heavy atom. The number of urea groups is 1. The molecule has 2 aromatic rings. The molecule has 2 amide bonds. The molecule has 0 fully saturated rings. The van der Waals surface area contributed by atoms with Gasteiger partial charge in [-0.05, 0) is 24.1 Å². The van der Waals surface area contributed by atoms with Crippen LogP contribution in [0.25, 0.3) is 0 Å². The molecule has 100 valence electrons. The van der Waals surface area contributed by atoms with Crippen LogP contribution >= 0.6 is 0 Å². The van der Waals surface area contributed by atoms with Gasteiger partial charge < -0.3 is 10.6 Å². The van der Waals surface area contributed by atoms with E-state index in [1.165, 1.54) is 0 Å². The highest BCUT2D eigenvalue weighted by Crippen LogP contribution is 2.18. The summed E-state index contributed by atoms with van der Waals surface area (Å²) in [6.45, 7) is 2.28. The highest BCUT2D eigenvalue weighted by Gasteiger charge is 2.08. The van der Waals surface area contributed by atoms with Crippen LogP contribution in [0.2, 0.25) is 0 Å². The summed E-state index contributed by atoms with van der Waals surface area (Å²) >= 11 is 0. The van der Waals surface area contributed by atoms with Gasteiger partial charge in [-0.25, -0.2) is 4.79 Å². The Morgan fingerprint density at radius 2 is 1.90 bits per heavy atom. The van der Waals surface area contributed by atoms with Crippen molar-refractivity contribution in [3.05, 3.63) is 65.2 Å². The summed E-state index contributed by atoms with van der Waals surface area (Å²) in [6.07, 6.45) is 0. The molecular formula is C16H15N3O. The first kappa shape index (κ1) is 13.6. The molecule has 20 heavy (non-hydrogen) atoms. The summed E-state index contributed by atoms with van der Waals surface area (Å²) in [5.74, 6) is 0. The van der Waals surface area contributed by atoms with Crippen molar-refractivity contribution < 1.29 is 4.79 Å². The van der Waals surface area contributed by atoms with Gasteiger partial charge in [0.15, 0.2) is 0 Å². The zero-order valence-electron chi connectivity index (χ0n) is 11.2. The molecule has 4 heteroatoms. The predicted octanol–water partition coefficient (Wildman–Crippen LogP) is 3.19. The van der Waals surface area contributed by atoms with Gasteiger partial charge in [-0.3, -0.25) is 0 Å². The van der Waals surface area contributed by atoms with Gasteiger partial charge in [0.05, 0.1) is 11.3 Å². The molecule has 0 aliphatic rings. The zero-order chi connectivity index (χ0) is 14.4. The average molecular weight is 265 g/mol. The summed E-state index contributed by atoms with van der Waals surface area (Å²) in [6, 6.07) is 16.8. The molecule has 0 radical (unpaired) electrons. The van der Waals surface area contributed by atoms with Gasteiger partial charge in [-0.2, -0.15) is 5.26 Å². The molecular weight excluding hydrogens is 250 g/mol. The lowest BCUT2D eigenvalue weighted by atomic mass is 10.1. The van der Waals surface area contributed by atoms with Crippen molar-refractivity contribution in [3.63, 3.8) is 0 Å². The Bertz CT molecular complexity index is 645. The van der Waals surface area contributed by atoms with Crippen LogP contribution in [0.5, 0.6) is 0 Å². The van der Waals surface area contributed by atoms with Crippen LogP contribution in [0.15, 0.2) is 48.5 Å². The molecule has 0 aliphatic carbocycles. The first-order valence-corrected chi connectivity index (χ1v) is 6.29. The molecule has 0 bridgehead atoms. The average Bonchev–Trinajstić information content (AvgIpc) is 2.46. The van der Waals surface area contributed by atoms with E-state index in [0.717, 1.165) is 11.1 Å². The van der Waals surface area contributed by atoms with Crippen LogP contribution < -0.4 is 10.6 Å². The minimum absolute atomic E-state index is 0.323. The van der Waals surface area contributed by atoms with Crippen molar-refractivity contribution in [2.75, 3.05) is 5.32 Å². The lowest BCUT2D eigenvalue weighted by Gasteiger charge is -2.10. The number of rotatable bonds is 3. The van der Waals surface area contributed by atoms with Crippen LogP contribution in [0, 0.1) is 18.3 Å². The summed E-state index contributed by atoms with van der Waals surface area (Å²) in [4.78, 5) is 11.8. The maximum atomic E-state index is 11.8. The summed E-state index contributed by atoms with van der Waals surface area (Å²) < 4.78 is 0. The van der Waals surface area contributed by atoms with Gasteiger partial charge in [-0.15, -0.1) is 0 Å². The Hall–Kier alpha value is -2.80. The zero-order valence-corrected chi connectivity index (χ0v) is 11.2. The number of anilines is 1. The largest absolute Gasteiger partial charge is 0.334 e. The number of amides is 2. The summed E-state index contributed by atoms with van der Waals surface area (Å²) in [5, 5.41) is 14.6. The molecule has 0 saturated carbocycles. The molecule has 0 heterocycles. The molecule has 0 unspecified atom stereocenters. The van der Waals surface area contributed by atoms with Crippen molar-refractivity contribution >= 4 is 11.7 Å². The standard InChI is InChI=1S/C16H15N3O/c1-12-6-5-9-15(14(12)10-17)19-16(20)18-11-13-7-3-2-4-8-13/h2-9H,11H2,1H3,(H2,18,19,20). The molecule has 0 aromatic heterocycles. The second-order valence-electron chi connectivity index (χ2n) is 4.40. The second kappa shape index (κ2) is 6.39. The molecule has 0 atom stereocenters. The highest BCUT2D eigenvalue weighted by atomic mass is 16.2. The normalized spacial score (nSPS) is 9.60. The summed E-state index contributed by atoms with van der Waals surface area (Å²) in [5.41, 5.74) is 2.88. The maximum Gasteiger partial charge on any atom is 0.319 e. The lowest BCUT2D eigenvalue weighted by Crippen LogP contribution is -2.28. The Kier molecular flexibility index (Phi) is 4.35. The minimum Gasteiger partial charge on any atom is -0.334 e. The van der Waals surface area contributed by atoms with Crippen LogP contribution in [0.3, 0.4) is 0 Å². The fourth-order valence-electron chi connectivity index (χ4n) is 1.87. The Morgan fingerprint density at radius 1 is 1.15 bits per heavy atom. The molecule has 0 aliphatic heterocycles. The first-order valence-electron chi connectivity index (χ1n) is 6.29. The smallest absolute Gasteiger partial charge is 0.319 e. The van der Waals surface area contributed by atoms with Gasteiger partial charge in [-0.1, -0.05) is 42.5 Å². The number of hydrogen-bond acceptors (Lipinski definition) is 2. The number of nitrogens with zero attached hydrogens (tertiary/aromatic N) is 1. The molecule has 2 aromatic carbocycles. The van der Waals surface area contributed by atoms with Crippen molar-refractivity contribution in [2.45, 2.75) is 13.5 Å². The van der Waals surface area contributed by atoms with E-state index in [0.29, 0.717) is 17.8 Å². The third-order valence-electron chi connectivity index (χ3n) is 2.93. The van der Waals surface area contributed by atoms with Gasteiger partial charge in [0.25, 0.3) is 0 Å². The quantitative estimate of drug-likeness (QED) is 0.895. The lowest BCUT2D eigenvalue weighted by molar-refractivity contribution is 0.251. The highest BCUT2D eigenvalue weighted by molar-refractivity contribution is 5.91. The van der Waals surface area contributed by atoms with E-state index in [-0.39, 0.29) is 6.03 Å². The minimum atomic E-state index is -0.323. The van der Waals surface area contributed by atoms with Crippen LogP contribution in [0.1, 0.15) is 16.7 Å². The number of nitrogens with one attached hydrogen (secondary N) is 2. The van der Waals surface area contributed by atoms with Crippen molar-refractivity contribution in [2.24, 2.45) is 0 Å². The SMILES string of the molecule is Cc1cccc(NC(=O)NCc2ccccc2)c1C#N. The number of aryl methyl sites for hydroxylation is 1. The van der Waals surface area contributed by atoms with E-state index in [4.69, 9.17) is 5.26 Å². The maximum absolute atomic E-state index is 11.8. The van der Waals surface area contributed by atoms with Gasteiger partial charge in [0.2, 0.25) is 0 Å². The summed E-state index contributed by atoms with van der Waals surface area (Å²) in [7, 11) is 0. The number of carbonyl (C=O) groups excluding carboxylic acids is 1. The molecule has 4 nitrogen and oxygen atoms in total. The van der Waals surface area contributed by atoms with Gasteiger partial charge >= 0.3 is 6.03 Å². The third-order valence-corrected chi connectivity index (χ3v) is 2.93. The van der Waals surface area contributed by atoms with E-state index in [9.17, 15) is 4.79 Å². The fraction of sp³-hybridized carbons (Fsp3) is 0.125. The van der Waals surface area contributed by atoms with E-state index in [1.807, 2.05) is 49.4 Å². The van der Waals surface area contributed by atoms with Gasteiger partial charge in [0.1, 0.15) is 6.07 Å². The van der Waals surface area contributed by atoms with Crippen molar-refractivity contribution in [1.29, 1.82) is 5.26 Å². The Labute approximate surface area is 118 Å².